The number of anilines is 2. The average Bonchev–Trinajstić information content (AvgIpc) is 2.42. The zero-order chi connectivity index (χ0) is 13.8. The number of halogens is 1. The van der Waals surface area contributed by atoms with Crippen molar-refractivity contribution < 1.29 is 4.79 Å². The molecule has 0 saturated heterocycles. The van der Waals surface area contributed by atoms with Gasteiger partial charge in [-0.2, -0.15) is 5.26 Å². The first-order valence-electron chi connectivity index (χ1n) is 5.46. The summed E-state index contributed by atoms with van der Waals surface area (Å²) >= 11 is 5.95. The molecular formula is C14H10ClN3O. The summed E-state index contributed by atoms with van der Waals surface area (Å²) in [5, 5.41) is 11.7. The summed E-state index contributed by atoms with van der Waals surface area (Å²) in [7, 11) is 0. The molecule has 0 unspecified atom stereocenters. The lowest BCUT2D eigenvalue weighted by Crippen LogP contribution is -2.12. The van der Waals surface area contributed by atoms with Crippen LogP contribution >= 0.6 is 11.6 Å². The number of nitrogen functional groups attached to an aromatic ring is 1. The Hall–Kier alpha value is -2.51. The van der Waals surface area contributed by atoms with Crippen LogP contribution in [0.4, 0.5) is 11.4 Å². The second kappa shape index (κ2) is 5.42. The number of hydrogen-bond acceptors (Lipinski definition) is 3. The van der Waals surface area contributed by atoms with E-state index in [9.17, 15) is 4.79 Å². The number of amides is 1. The predicted octanol–water partition coefficient (Wildman–Crippen LogP) is 3.05. The Morgan fingerprint density at radius 3 is 2.53 bits per heavy atom. The molecule has 0 aliphatic rings. The van der Waals surface area contributed by atoms with E-state index < -0.39 is 0 Å². The average molecular weight is 272 g/mol. The molecule has 5 heteroatoms. The van der Waals surface area contributed by atoms with Crippen LogP contribution in [0.15, 0.2) is 42.5 Å². The molecule has 0 saturated carbocycles. The first-order chi connectivity index (χ1) is 9.10. The molecule has 0 aliphatic carbocycles. The van der Waals surface area contributed by atoms with Crippen LogP contribution in [0.5, 0.6) is 0 Å². The van der Waals surface area contributed by atoms with E-state index >= 15 is 0 Å². The highest BCUT2D eigenvalue weighted by atomic mass is 35.5. The smallest absolute Gasteiger partial charge is 0.257 e. The van der Waals surface area contributed by atoms with Crippen molar-refractivity contribution in [2.45, 2.75) is 0 Å². The molecule has 2 aromatic carbocycles. The second-order valence-electron chi connectivity index (χ2n) is 3.88. The molecular weight excluding hydrogens is 262 g/mol. The van der Waals surface area contributed by atoms with Gasteiger partial charge < -0.3 is 11.1 Å². The van der Waals surface area contributed by atoms with Crippen LogP contribution in [0.2, 0.25) is 5.02 Å². The molecule has 0 atom stereocenters. The van der Waals surface area contributed by atoms with Crippen molar-refractivity contribution in [2.24, 2.45) is 0 Å². The molecule has 2 rings (SSSR count). The largest absolute Gasteiger partial charge is 0.399 e. The molecule has 94 valence electrons. The summed E-state index contributed by atoms with van der Waals surface area (Å²) in [6.45, 7) is 0. The third-order valence-corrected chi connectivity index (χ3v) is 2.84. The van der Waals surface area contributed by atoms with Crippen LogP contribution in [-0.4, -0.2) is 5.91 Å². The Labute approximate surface area is 115 Å². The SMILES string of the molecule is N#Cc1ccc(NC(=O)c2cc(N)ccc2Cl)cc1. The number of hydrogen-bond donors (Lipinski definition) is 2. The maximum Gasteiger partial charge on any atom is 0.257 e. The van der Waals surface area contributed by atoms with Gasteiger partial charge in [-0.15, -0.1) is 0 Å². The molecule has 0 bridgehead atoms. The number of rotatable bonds is 2. The fourth-order valence-electron chi connectivity index (χ4n) is 1.54. The molecule has 19 heavy (non-hydrogen) atoms. The number of carbonyl (C=O) groups excluding carboxylic acids is 1. The molecule has 3 N–H and O–H groups in total. The zero-order valence-electron chi connectivity index (χ0n) is 9.85. The quantitative estimate of drug-likeness (QED) is 0.824. The fourth-order valence-corrected chi connectivity index (χ4v) is 1.75. The van der Waals surface area contributed by atoms with Crippen molar-refractivity contribution in [3.05, 3.63) is 58.6 Å². The van der Waals surface area contributed by atoms with Crippen molar-refractivity contribution in [2.75, 3.05) is 11.1 Å². The summed E-state index contributed by atoms with van der Waals surface area (Å²) < 4.78 is 0. The minimum absolute atomic E-state index is 0.311. The van der Waals surface area contributed by atoms with Gasteiger partial charge in [-0.3, -0.25) is 4.79 Å². The maximum absolute atomic E-state index is 12.0. The first kappa shape index (κ1) is 12.9. The van der Waals surface area contributed by atoms with Gasteiger partial charge >= 0.3 is 0 Å². The fraction of sp³-hybridized carbons (Fsp3) is 0. The second-order valence-corrected chi connectivity index (χ2v) is 4.29. The number of carbonyl (C=O) groups is 1. The summed E-state index contributed by atoms with van der Waals surface area (Å²) in [6, 6.07) is 13.3. The van der Waals surface area contributed by atoms with E-state index in [-0.39, 0.29) is 5.91 Å². The third-order valence-electron chi connectivity index (χ3n) is 2.51. The Balaban J connectivity index is 2.21. The van der Waals surface area contributed by atoms with Gasteiger partial charge in [0.15, 0.2) is 0 Å². The standard InChI is InChI=1S/C14H10ClN3O/c15-13-6-3-10(17)7-12(13)14(19)18-11-4-1-9(8-16)2-5-11/h1-7H,17H2,(H,18,19). The monoisotopic (exact) mass is 271 g/mol. The topological polar surface area (TPSA) is 78.9 Å². The van der Waals surface area contributed by atoms with Crippen molar-refractivity contribution in [3.63, 3.8) is 0 Å². The minimum Gasteiger partial charge on any atom is -0.399 e. The highest BCUT2D eigenvalue weighted by Crippen LogP contribution is 2.20. The Bertz CT molecular complexity index is 659. The minimum atomic E-state index is -0.345. The van der Waals surface area contributed by atoms with Crippen molar-refractivity contribution in [3.8, 4) is 6.07 Å². The number of nitriles is 1. The summed E-state index contributed by atoms with van der Waals surface area (Å²) in [4.78, 5) is 12.0. The summed E-state index contributed by atoms with van der Waals surface area (Å²) in [5.41, 5.74) is 7.51. The number of nitrogens with two attached hydrogens (primary N) is 1. The van der Waals surface area contributed by atoms with Gasteiger partial charge in [0, 0.05) is 11.4 Å². The molecule has 2 aromatic rings. The molecule has 0 fully saturated rings. The molecule has 0 heterocycles. The predicted molar refractivity (Wildman–Crippen MR) is 75.0 cm³/mol. The van der Waals surface area contributed by atoms with Gasteiger partial charge in [-0.05, 0) is 42.5 Å². The van der Waals surface area contributed by atoms with E-state index in [1.54, 1.807) is 36.4 Å². The van der Waals surface area contributed by atoms with Gasteiger partial charge in [0.05, 0.1) is 22.2 Å². The molecule has 0 radical (unpaired) electrons. The first-order valence-corrected chi connectivity index (χ1v) is 5.84. The van der Waals surface area contributed by atoms with E-state index in [0.29, 0.717) is 27.5 Å². The van der Waals surface area contributed by atoms with Crippen molar-refractivity contribution in [1.82, 2.24) is 0 Å². The lowest BCUT2D eigenvalue weighted by Gasteiger charge is -2.07. The van der Waals surface area contributed by atoms with Gasteiger partial charge in [-0.25, -0.2) is 0 Å². The normalized spacial score (nSPS) is 9.68. The molecule has 0 spiro atoms. The van der Waals surface area contributed by atoms with Crippen LogP contribution in [-0.2, 0) is 0 Å². The van der Waals surface area contributed by atoms with Gasteiger partial charge in [0.1, 0.15) is 0 Å². The van der Waals surface area contributed by atoms with Crippen LogP contribution in [0, 0.1) is 11.3 Å². The Morgan fingerprint density at radius 2 is 1.89 bits per heavy atom. The zero-order valence-corrected chi connectivity index (χ0v) is 10.6. The van der Waals surface area contributed by atoms with Crippen molar-refractivity contribution in [1.29, 1.82) is 5.26 Å². The number of benzene rings is 2. The van der Waals surface area contributed by atoms with Gasteiger partial charge in [-0.1, -0.05) is 11.6 Å². The summed E-state index contributed by atoms with van der Waals surface area (Å²) in [6.07, 6.45) is 0. The highest BCUT2D eigenvalue weighted by molar-refractivity contribution is 6.34. The van der Waals surface area contributed by atoms with Crippen molar-refractivity contribution >= 4 is 28.9 Å². The van der Waals surface area contributed by atoms with Crippen LogP contribution < -0.4 is 11.1 Å². The lowest BCUT2D eigenvalue weighted by atomic mass is 10.1. The van der Waals surface area contributed by atoms with Crippen LogP contribution in [0.1, 0.15) is 15.9 Å². The van der Waals surface area contributed by atoms with Gasteiger partial charge in [0.25, 0.3) is 5.91 Å². The maximum atomic E-state index is 12.0. The Kier molecular flexibility index (Phi) is 3.69. The van der Waals surface area contributed by atoms with E-state index in [1.165, 1.54) is 6.07 Å². The van der Waals surface area contributed by atoms with Gasteiger partial charge in [0.2, 0.25) is 0 Å². The van der Waals surface area contributed by atoms with E-state index in [0.717, 1.165) is 0 Å². The van der Waals surface area contributed by atoms with E-state index in [1.807, 2.05) is 6.07 Å². The lowest BCUT2D eigenvalue weighted by molar-refractivity contribution is 0.102. The Morgan fingerprint density at radius 1 is 1.21 bits per heavy atom. The van der Waals surface area contributed by atoms with Crippen LogP contribution in [0.25, 0.3) is 0 Å². The molecule has 0 aromatic heterocycles. The van der Waals surface area contributed by atoms with E-state index in [2.05, 4.69) is 5.32 Å². The highest BCUT2D eigenvalue weighted by Gasteiger charge is 2.10. The molecule has 0 aliphatic heterocycles. The van der Waals surface area contributed by atoms with Crippen LogP contribution in [0.3, 0.4) is 0 Å². The number of nitrogens with one attached hydrogen (secondary N) is 1. The third kappa shape index (κ3) is 3.03. The molecule has 4 nitrogen and oxygen atoms in total. The molecule has 1 amide bonds. The van der Waals surface area contributed by atoms with E-state index in [4.69, 9.17) is 22.6 Å². The number of nitrogens with zero attached hydrogens (tertiary/aromatic N) is 1. The summed E-state index contributed by atoms with van der Waals surface area (Å²) in [5.74, 6) is -0.345.